The lowest BCUT2D eigenvalue weighted by Crippen LogP contribution is -1.96. The molecule has 0 bridgehead atoms. The SMILES string of the molecule is [CH2]CC(CC)CCCCCCC. The fourth-order valence-corrected chi connectivity index (χ4v) is 1.59. The summed E-state index contributed by atoms with van der Waals surface area (Å²) in [7, 11) is 0. The van der Waals surface area contributed by atoms with Gasteiger partial charge in [-0.3, -0.25) is 0 Å². The van der Waals surface area contributed by atoms with Gasteiger partial charge < -0.3 is 0 Å². The molecule has 0 saturated heterocycles. The second-order valence-corrected chi connectivity index (χ2v) is 3.77. The highest BCUT2D eigenvalue weighted by atomic mass is 14.1. The van der Waals surface area contributed by atoms with Crippen LogP contribution in [0.3, 0.4) is 0 Å². The van der Waals surface area contributed by atoms with Crippen LogP contribution in [0.1, 0.15) is 65.2 Å². The van der Waals surface area contributed by atoms with Crippen molar-refractivity contribution in [3.8, 4) is 0 Å². The van der Waals surface area contributed by atoms with Crippen LogP contribution in [0, 0.1) is 12.8 Å². The quantitative estimate of drug-likeness (QED) is 0.466. The topological polar surface area (TPSA) is 0 Å². The number of rotatable bonds is 8. The number of hydrogen-bond donors (Lipinski definition) is 0. The van der Waals surface area contributed by atoms with Gasteiger partial charge in [0.15, 0.2) is 0 Å². The maximum Gasteiger partial charge on any atom is -0.0417 e. The molecule has 0 aliphatic carbocycles. The molecule has 0 aromatic carbocycles. The molecule has 1 atom stereocenters. The van der Waals surface area contributed by atoms with Crippen LogP contribution < -0.4 is 0 Å². The zero-order chi connectivity index (χ0) is 9.23. The van der Waals surface area contributed by atoms with Gasteiger partial charge in [-0.2, -0.15) is 0 Å². The molecule has 0 spiro atoms. The summed E-state index contributed by atoms with van der Waals surface area (Å²) in [5.74, 6) is 0.895. The summed E-state index contributed by atoms with van der Waals surface area (Å²) >= 11 is 0. The van der Waals surface area contributed by atoms with Crippen molar-refractivity contribution in [1.82, 2.24) is 0 Å². The maximum absolute atomic E-state index is 3.97. The second-order valence-electron chi connectivity index (χ2n) is 3.77. The fourth-order valence-electron chi connectivity index (χ4n) is 1.59. The highest BCUT2D eigenvalue weighted by Gasteiger charge is 2.01. The minimum absolute atomic E-state index is 0.895. The molecule has 1 unspecified atom stereocenters. The molecular formula is C12H25. The molecule has 0 N–H and O–H groups in total. The van der Waals surface area contributed by atoms with E-state index in [-0.39, 0.29) is 0 Å². The molecule has 0 saturated carbocycles. The first-order valence-electron chi connectivity index (χ1n) is 5.64. The summed E-state index contributed by atoms with van der Waals surface area (Å²) in [6, 6.07) is 0. The van der Waals surface area contributed by atoms with Gasteiger partial charge in [0, 0.05) is 0 Å². The monoisotopic (exact) mass is 169 g/mol. The van der Waals surface area contributed by atoms with E-state index >= 15 is 0 Å². The standard InChI is InChI=1S/C12H25/c1-4-7-8-9-10-11-12(5-2)6-3/h12H,2,4-11H2,1,3H3. The van der Waals surface area contributed by atoms with E-state index in [1.165, 1.54) is 44.9 Å². The van der Waals surface area contributed by atoms with Crippen LogP contribution in [-0.4, -0.2) is 0 Å². The van der Waals surface area contributed by atoms with Crippen LogP contribution >= 0.6 is 0 Å². The molecule has 73 valence electrons. The van der Waals surface area contributed by atoms with Crippen molar-refractivity contribution >= 4 is 0 Å². The van der Waals surface area contributed by atoms with Crippen molar-refractivity contribution in [3.63, 3.8) is 0 Å². The Bertz CT molecular complexity index is 72.1. The van der Waals surface area contributed by atoms with Crippen LogP contribution in [0.25, 0.3) is 0 Å². The Kier molecular flexibility index (Phi) is 9.09. The Morgan fingerprint density at radius 3 is 2.17 bits per heavy atom. The highest BCUT2D eigenvalue weighted by Crippen LogP contribution is 2.16. The van der Waals surface area contributed by atoms with E-state index < -0.39 is 0 Å². The average Bonchev–Trinajstić information content (AvgIpc) is 2.11. The predicted octanol–water partition coefficient (Wildman–Crippen LogP) is 4.60. The maximum atomic E-state index is 3.97. The number of unbranched alkanes of at least 4 members (excludes halogenated alkanes) is 4. The van der Waals surface area contributed by atoms with Crippen LogP contribution in [0.5, 0.6) is 0 Å². The van der Waals surface area contributed by atoms with E-state index in [1.54, 1.807) is 0 Å². The van der Waals surface area contributed by atoms with Crippen molar-refractivity contribution in [2.24, 2.45) is 5.92 Å². The summed E-state index contributed by atoms with van der Waals surface area (Å²) in [4.78, 5) is 0. The first-order chi connectivity index (χ1) is 5.85. The summed E-state index contributed by atoms with van der Waals surface area (Å²) < 4.78 is 0. The molecule has 0 heteroatoms. The van der Waals surface area contributed by atoms with Gasteiger partial charge in [0.2, 0.25) is 0 Å². The van der Waals surface area contributed by atoms with Crippen LogP contribution in [0.2, 0.25) is 0 Å². The van der Waals surface area contributed by atoms with E-state index in [9.17, 15) is 0 Å². The first kappa shape index (κ1) is 12.0. The molecular weight excluding hydrogens is 144 g/mol. The third-order valence-corrected chi connectivity index (χ3v) is 2.70. The van der Waals surface area contributed by atoms with Gasteiger partial charge in [0.05, 0.1) is 0 Å². The van der Waals surface area contributed by atoms with Crippen LogP contribution in [0.15, 0.2) is 0 Å². The molecule has 0 fully saturated rings. The first-order valence-corrected chi connectivity index (χ1v) is 5.64. The van der Waals surface area contributed by atoms with E-state index in [0.717, 1.165) is 12.3 Å². The largest absolute Gasteiger partial charge is 0.0654 e. The van der Waals surface area contributed by atoms with E-state index in [0.29, 0.717) is 0 Å². The van der Waals surface area contributed by atoms with Gasteiger partial charge in [-0.15, -0.1) is 0 Å². The molecule has 1 radical (unpaired) electrons. The molecule has 0 nitrogen and oxygen atoms in total. The Labute approximate surface area is 78.8 Å². The lowest BCUT2D eigenvalue weighted by Gasteiger charge is -2.10. The van der Waals surface area contributed by atoms with Gasteiger partial charge in [0.25, 0.3) is 0 Å². The van der Waals surface area contributed by atoms with Crippen molar-refractivity contribution in [3.05, 3.63) is 6.92 Å². The summed E-state index contributed by atoms with van der Waals surface area (Å²) in [6.07, 6.45) is 10.9. The fraction of sp³-hybridized carbons (Fsp3) is 0.917. The molecule has 0 aliphatic heterocycles. The predicted molar refractivity (Wildman–Crippen MR) is 57.1 cm³/mol. The molecule has 0 rings (SSSR count). The molecule has 0 aliphatic rings. The van der Waals surface area contributed by atoms with Gasteiger partial charge in [-0.25, -0.2) is 0 Å². The van der Waals surface area contributed by atoms with E-state index in [2.05, 4.69) is 20.8 Å². The molecule has 0 aromatic rings. The van der Waals surface area contributed by atoms with Crippen LogP contribution in [0.4, 0.5) is 0 Å². The van der Waals surface area contributed by atoms with Crippen molar-refractivity contribution in [1.29, 1.82) is 0 Å². The lowest BCUT2D eigenvalue weighted by molar-refractivity contribution is 0.442. The van der Waals surface area contributed by atoms with E-state index in [1.807, 2.05) is 0 Å². The smallest absolute Gasteiger partial charge is 0.0417 e. The van der Waals surface area contributed by atoms with Crippen molar-refractivity contribution < 1.29 is 0 Å². The minimum Gasteiger partial charge on any atom is -0.0654 e. The van der Waals surface area contributed by atoms with Crippen LogP contribution in [-0.2, 0) is 0 Å². The van der Waals surface area contributed by atoms with Gasteiger partial charge in [-0.05, 0) is 5.92 Å². The minimum atomic E-state index is 0.895. The summed E-state index contributed by atoms with van der Waals surface area (Å²) in [5, 5.41) is 0. The third-order valence-electron chi connectivity index (χ3n) is 2.70. The molecule has 12 heavy (non-hydrogen) atoms. The van der Waals surface area contributed by atoms with Gasteiger partial charge in [-0.1, -0.05) is 72.1 Å². The Morgan fingerprint density at radius 2 is 1.67 bits per heavy atom. The Morgan fingerprint density at radius 1 is 1.00 bits per heavy atom. The normalized spacial score (nSPS) is 11.0. The van der Waals surface area contributed by atoms with Gasteiger partial charge in [0.1, 0.15) is 0 Å². The molecule has 0 amide bonds. The zero-order valence-electron chi connectivity index (χ0n) is 8.94. The second kappa shape index (κ2) is 9.09. The zero-order valence-corrected chi connectivity index (χ0v) is 8.94. The summed E-state index contributed by atoms with van der Waals surface area (Å²) in [5.41, 5.74) is 0. The van der Waals surface area contributed by atoms with Crippen molar-refractivity contribution in [2.45, 2.75) is 65.2 Å². The third kappa shape index (κ3) is 6.69. The molecule has 0 heterocycles. The average molecular weight is 169 g/mol. The van der Waals surface area contributed by atoms with Crippen molar-refractivity contribution in [2.75, 3.05) is 0 Å². The lowest BCUT2D eigenvalue weighted by atomic mass is 9.96. The Balaban J connectivity index is 3.06. The van der Waals surface area contributed by atoms with E-state index in [4.69, 9.17) is 0 Å². The Hall–Kier alpha value is 0. The summed E-state index contributed by atoms with van der Waals surface area (Å²) in [6.45, 7) is 8.52. The molecule has 0 aromatic heterocycles. The number of hydrogen-bond acceptors (Lipinski definition) is 0. The highest BCUT2D eigenvalue weighted by molar-refractivity contribution is 4.58. The van der Waals surface area contributed by atoms with Gasteiger partial charge >= 0.3 is 0 Å².